The Kier molecular flexibility index (Phi) is 15.6. The first kappa shape index (κ1) is 33.7. The Hall–Kier alpha value is -3.36. The third-order valence-electron chi connectivity index (χ3n) is 5.82. The monoisotopic (exact) mass is 560 g/mol. The lowest BCUT2D eigenvalue weighted by Gasteiger charge is -2.25. The first-order chi connectivity index (χ1) is 18.5. The van der Waals surface area contributed by atoms with Gasteiger partial charge < -0.3 is 24.8 Å². The Balaban J connectivity index is 2.59. The predicted octanol–water partition coefficient (Wildman–Crippen LogP) is 5.16. The van der Waals surface area contributed by atoms with Crippen molar-refractivity contribution in [3.05, 3.63) is 83.3 Å². The van der Waals surface area contributed by atoms with Gasteiger partial charge in [-0.15, -0.1) is 0 Å². The van der Waals surface area contributed by atoms with E-state index in [1.54, 1.807) is 45.3 Å². The molecule has 39 heavy (non-hydrogen) atoms. The zero-order chi connectivity index (χ0) is 29.4. The van der Waals surface area contributed by atoms with E-state index >= 15 is 0 Å². The second kappa shape index (κ2) is 18.0. The lowest BCUT2D eigenvalue weighted by molar-refractivity contribution is -0.151. The standard InChI is InChI=1S/C30H41ClN2O6/c1-20(2)28(29(35)32-18-10-12-24(37-6)15-14-23(5)31)33-27(34)13-9-8-11-21(3)19-22(4)25-16-17-26(38-7)30(36)39-25/h8-11,13-14,17-19,22,24-25,28H,1,12,15-16H2,2-7H3,(H,32,35)(H,33,34)/b11-8-,13-9-,18-10-,21-19+,23-14+/t22-,24+,25-,28-/m0/s1. The van der Waals surface area contributed by atoms with E-state index in [1.807, 2.05) is 32.1 Å². The van der Waals surface area contributed by atoms with Crippen LogP contribution in [-0.4, -0.2) is 50.3 Å². The number of carbonyl (C=O) groups excluding carboxylic acids is 3. The number of ether oxygens (including phenoxy) is 3. The van der Waals surface area contributed by atoms with Gasteiger partial charge in [-0.25, -0.2) is 4.79 Å². The first-order valence-corrected chi connectivity index (χ1v) is 13.1. The van der Waals surface area contributed by atoms with E-state index in [2.05, 4.69) is 17.2 Å². The Labute approximate surface area is 237 Å². The molecule has 9 heteroatoms. The van der Waals surface area contributed by atoms with Crippen LogP contribution in [0.3, 0.4) is 0 Å². The summed E-state index contributed by atoms with van der Waals surface area (Å²) in [5.74, 6) is -1.06. The SMILES string of the molecule is C=C(C)[C@H](NC(=O)\C=C/C=C\C(C)=C\[C@H](C)[C@@H]1CC=C(OC)C(=O)O1)C(=O)N/C=C\C[C@H](C/C=C(\C)Cl)OC. The Bertz CT molecular complexity index is 1050. The van der Waals surface area contributed by atoms with Gasteiger partial charge in [-0.1, -0.05) is 67.1 Å². The number of halogens is 1. The van der Waals surface area contributed by atoms with Crippen LogP contribution in [0.5, 0.6) is 0 Å². The Morgan fingerprint density at radius 2 is 1.90 bits per heavy atom. The van der Waals surface area contributed by atoms with Crippen LogP contribution in [0, 0.1) is 5.92 Å². The molecule has 0 spiro atoms. The fourth-order valence-corrected chi connectivity index (χ4v) is 3.69. The highest BCUT2D eigenvalue weighted by Gasteiger charge is 2.27. The van der Waals surface area contributed by atoms with E-state index in [4.69, 9.17) is 25.8 Å². The highest BCUT2D eigenvalue weighted by molar-refractivity contribution is 6.29. The van der Waals surface area contributed by atoms with Gasteiger partial charge >= 0.3 is 5.97 Å². The molecule has 1 aliphatic heterocycles. The average Bonchev–Trinajstić information content (AvgIpc) is 2.88. The second-order valence-electron chi connectivity index (χ2n) is 9.26. The van der Waals surface area contributed by atoms with Gasteiger partial charge in [0.05, 0.1) is 13.2 Å². The molecule has 214 valence electrons. The highest BCUT2D eigenvalue weighted by atomic mass is 35.5. The van der Waals surface area contributed by atoms with Crippen molar-refractivity contribution in [3.8, 4) is 0 Å². The minimum absolute atomic E-state index is 0.00326. The summed E-state index contributed by atoms with van der Waals surface area (Å²) in [5, 5.41) is 6.02. The van der Waals surface area contributed by atoms with Gasteiger partial charge in [0, 0.05) is 30.6 Å². The summed E-state index contributed by atoms with van der Waals surface area (Å²) >= 11 is 5.86. The molecule has 8 nitrogen and oxygen atoms in total. The molecule has 0 aliphatic carbocycles. The Morgan fingerprint density at radius 3 is 2.49 bits per heavy atom. The van der Waals surface area contributed by atoms with E-state index in [0.717, 1.165) is 5.57 Å². The number of rotatable bonds is 15. The molecule has 0 bridgehead atoms. The van der Waals surface area contributed by atoms with E-state index in [-0.39, 0.29) is 23.9 Å². The van der Waals surface area contributed by atoms with Crippen molar-refractivity contribution in [2.75, 3.05) is 14.2 Å². The van der Waals surface area contributed by atoms with Crippen molar-refractivity contribution < 1.29 is 28.6 Å². The van der Waals surface area contributed by atoms with Crippen LogP contribution < -0.4 is 10.6 Å². The summed E-state index contributed by atoms with van der Waals surface area (Å²) < 4.78 is 15.8. The van der Waals surface area contributed by atoms with E-state index in [9.17, 15) is 14.4 Å². The van der Waals surface area contributed by atoms with Gasteiger partial charge in [0.25, 0.3) is 5.91 Å². The summed E-state index contributed by atoms with van der Waals surface area (Å²) in [4.78, 5) is 36.8. The van der Waals surface area contributed by atoms with Crippen LogP contribution >= 0.6 is 11.6 Å². The zero-order valence-corrected chi connectivity index (χ0v) is 24.4. The Morgan fingerprint density at radius 1 is 1.21 bits per heavy atom. The maximum absolute atomic E-state index is 12.6. The van der Waals surface area contributed by atoms with Gasteiger partial charge in [0.15, 0.2) is 5.76 Å². The molecule has 2 N–H and O–H groups in total. The summed E-state index contributed by atoms with van der Waals surface area (Å²) in [6.07, 6.45) is 16.9. The van der Waals surface area contributed by atoms with Crippen molar-refractivity contribution in [3.63, 3.8) is 0 Å². The maximum Gasteiger partial charge on any atom is 0.373 e. The van der Waals surface area contributed by atoms with Gasteiger partial charge in [-0.3, -0.25) is 9.59 Å². The molecule has 0 aromatic carbocycles. The number of hydrogen-bond acceptors (Lipinski definition) is 6. The van der Waals surface area contributed by atoms with Crippen molar-refractivity contribution in [1.29, 1.82) is 0 Å². The number of allylic oxidation sites excluding steroid dienone is 5. The first-order valence-electron chi connectivity index (χ1n) is 12.7. The molecule has 4 atom stereocenters. The van der Waals surface area contributed by atoms with Crippen LogP contribution in [0.15, 0.2) is 83.3 Å². The fraction of sp³-hybridized carbons (Fsp3) is 0.433. The van der Waals surface area contributed by atoms with Crippen LogP contribution in [0.4, 0.5) is 0 Å². The van der Waals surface area contributed by atoms with Crippen molar-refractivity contribution >= 4 is 29.4 Å². The van der Waals surface area contributed by atoms with Crippen molar-refractivity contribution in [2.45, 2.75) is 65.2 Å². The van der Waals surface area contributed by atoms with Gasteiger partial charge in [-0.05, 0) is 51.5 Å². The lowest BCUT2D eigenvalue weighted by atomic mass is 9.97. The van der Waals surface area contributed by atoms with Crippen LogP contribution in [0.1, 0.15) is 47.0 Å². The summed E-state index contributed by atoms with van der Waals surface area (Å²) in [6, 6.07) is -0.885. The van der Waals surface area contributed by atoms with Gasteiger partial charge in [0.1, 0.15) is 12.1 Å². The number of hydrogen-bond donors (Lipinski definition) is 2. The molecular formula is C30H41ClN2O6. The minimum atomic E-state index is -0.885. The second-order valence-corrected chi connectivity index (χ2v) is 9.86. The largest absolute Gasteiger partial charge is 0.490 e. The number of cyclic esters (lactones) is 1. The molecule has 1 rings (SSSR count). The lowest BCUT2D eigenvalue weighted by Crippen LogP contribution is -2.45. The van der Waals surface area contributed by atoms with E-state index < -0.39 is 23.8 Å². The highest BCUT2D eigenvalue weighted by Crippen LogP contribution is 2.22. The van der Waals surface area contributed by atoms with Gasteiger partial charge in [0.2, 0.25) is 5.91 Å². The van der Waals surface area contributed by atoms with Crippen LogP contribution in [-0.2, 0) is 28.6 Å². The third kappa shape index (κ3) is 13.3. The molecule has 0 fully saturated rings. The van der Waals surface area contributed by atoms with Crippen LogP contribution in [0.2, 0.25) is 0 Å². The topological polar surface area (TPSA) is 103 Å². The molecular weight excluding hydrogens is 520 g/mol. The van der Waals surface area contributed by atoms with E-state index in [1.165, 1.54) is 19.4 Å². The molecule has 1 heterocycles. The molecule has 2 amide bonds. The number of methoxy groups -OCH3 is 2. The summed E-state index contributed by atoms with van der Waals surface area (Å²) in [7, 11) is 3.06. The summed E-state index contributed by atoms with van der Waals surface area (Å²) in [6.45, 7) is 11.2. The number of carbonyl (C=O) groups is 3. The minimum Gasteiger partial charge on any atom is -0.490 e. The zero-order valence-electron chi connectivity index (χ0n) is 23.7. The molecule has 0 aromatic heterocycles. The molecule has 0 radical (unpaired) electrons. The third-order valence-corrected chi connectivity index (χ3v) is 5.98. The number of amides is 2. The van der Waals surface area contributed by atoms with E-state index in [0.29, 0.717) is 29.9 Å². The average molecular weight is 561 g/mol. The molecule has 0 saturated heterocycles. The quantitative estimate of drug-likeness (QED) is 0.124. The normalized spacial score (nSPS) is 19.0. The molecule has 0 aromatic rings. The van der Waals surface area contributed by atoms with Gasteiger partial charge in [-0.2, -0.15) is 0 Å². The molecule has 0 unspecified atom stereocenters. The van der Waals surface area contributed by atoms with Crippen LogP contribution in [0.25, 0.3) is 0 Å². The maximum atomic E-state index is 12.6. The molecule has 0 saturated carbocycles. The molecule has 1 aliphatic rings. The summed E-state index contributed by atoms with van der Waals surface area (Å²) in [5.41, 5.74) is 1.44. The number of esters is 1. The fourth-order valence-electron chi connectivity index (χ4n) is 3.60. The van der Waals surface area contributed by atoms with Crippen molar-refractivity contribution in [1.82, 2.24) is 10.6 Å². The smallest absolute Gasteiger partial charge is 0.373 e. The predicted molar refractivity (Wildman–Crippen MR) is 154 cm³/mol. The van der Waals surface area contributed by atoms with Crippen molar-refractivity contribution in [2.24, 2.45) is 5.92 Å². The number of nitrogens with one attached hydrogen (secondary N) is 2.